The molecule has 0 aromatic carbocycles. The molecule has 286 valence electrons. The van der Waals surface area contributed by atoms with Gasteiger partial charge in [-0.15, -0.1) is 0 Å². The van der Waals surface area contributed by atoms with Crippen molar-refractivity contribution < 1.29 is 19.1 Å². The van der Waals surface area contributed by atoms with Crippen LogP contribution in [0.2, 0.25) is 0 Å². The third-order valence-electron chi connectivity index (χ3n) is 11.3. The van der Waals surface area contributed by atoms with Gasteiger partial charge in [0, 0.05) is 24.2 Å². The third-order valence-corrected chi connectivity index (χ3v) is 11.3. The van der Waals surface area contributed by atoms with Crippen LogP contribution in [0.1, 0.15) is 187 Å². The lowest BCUT2D eigenvalue weighted by molar-refractivity contribution is -0.135. The molecule has 2 aliphatic carbocycles. The first kappa shape index (κ1) is 42.7. The summed E-state index contributed by atoms with van der Waals surface area (Å²) in [7, 11) is 0. The molecule has 2 aromatic rings. The second-order valence-electron chi connectivity index (χ2n) is 15.6. The van der Waals surface area contributed by atoms with Crippen molar-refractivity contribution in [3.05, 3.63) is 48.0 Å². The fourth-order valence-electron chi connectivity index (χ4n) is 7.74. The second-order valence-corrected chi connectivity index (χ2v) is 15.6. The molecule has 0 aliphatic heterocycles. The number of aromatic nitrogens is 2. The van der Waals surface area contributed by atoms with Gasteiger partial charge in [0.15, 0.2) is 0 Å². The van der Waals surface area contributed by atoms with Crippen LogP contribution in [0.15, 0.2) is 36.7 Å². The number of hydrogen-bond donors (Lipinski definition) is 0. The minimum Gasteiger partial charge on any atom is -0.425 e. The Balaban J connectivity index is 0.000000276. The van der Waals surface area contributed by atoms with E-state index in [4.69, 9.17) is 9.47 Å². The Hall–Kier alpha value is -2.76. The predicted molar refractivity (Wildman–Crippen MR) is 210 cm³/mol. The standard InChI is InChI=1S/C23H37NO2.C22H35NO2/c1-3-5-7-8-19-10-12-20(13-11-19)14-15-21-16-17-22(18-24-21)26-23(25)9-6-4-2;1-3-5-7-18-9-11-19(12-10-18)13-14-20-15-16-21(17-23-20)25-22(24)8-6-4-2/h16-20H,3-15H2,1-2H3;15-19H,3-14H2,1-2H3. The van der Waals surface area contributed by atoms with Crippen LogP contribution in [-0.2, 0) is 22.4 Å². The van der Waals surface area contributed by atoms with Gasteiger partial charge in [0.05, 0.1) is 12.4 Å². The van der Waals surface area contributed by atoms with Crippen LogP contribution in [0.3, 0.4) is 0 Å². The van der Waals surface area contributed by atoms with Crippen molar-refractivity contribution in [2.45, 2.75) is 188 Å². The van der Waals surface area contributed by atoms with Crippen LogP contribution in [0.25, 0.3) is 0 Å². The monoisotopic (exact) mass is 705 g/mol. The zero-order valence-corrected chi connectivity index (χ0v) is 33.0. The van der Waals surface area contributed by atoms with Gasteiger partial charge in [0.2, 0.25) is 0 Å². The zero-order chi connectivity index (χ0) is 36.5. The normalized spacial score (nSPS) is 20.2. The number of hydrogen-bond acceptors (Lipinski definition) is 6. The smallest absolute Gasteiger partial charge is 0.311 e. The van der Waals surface area contributed by atoms with Gasteiger partial charge >= 0.3 is 11.9 Å². The summed E-state index contributed by atoms with van der Waals surface area (Å²) >= 11 is 0. The largest absolute Gasteiger partial charge is 0.425 e. The van der Waals surface area contributed by atoms with Crippen molar-refractivity contribution in [1.82, 2.24) is 9.97 Å². The second kappa shape index (κ2) is 26.1. The maximum atomic E-state index is 11.6. The summed E-state index contributed by atoms with van der Waals surface area (Å²) in [6.07, 6.45) is 33.7. The molecule has 2 aliphatic rings. The highest BCUT2D eigenvalue weighted by molar-refractivity contribution is 5.72. The van der Waals surface area contributed by atoms with Crippen LogP contribution < -0.4 is 9.47 Å². The number of pyridine rings is 2. The Labute approximate surface area is 311 Å². The highest BCUT2D eigenvalue weighted by atomic mass is 16.5. The summed E-state index contributed by atoms with van der Waals surface area (Å²) in [6.45, 7) is 8.72. The van der Waals surface area contributed by atoms with Crippen LogP contribution in [-0.4, -0.2) is 21.9 Å². The molecule has 0 atom stereocenters. The van der Waals surface area contributed by atoms with E-state index < -0.39 is 0 Å². The molecule has 4 rings (SSSR count). The van der Waals surface area contributed by atoms with E-state index in [2.05, 4.69) is 37.7 Å². The molecule has 0 spiro atoms. The van der Waals surface area contributed by atoms with Gasteiger partial charge in [0.25, 0.3) is 0 Å². The summed E-state index contributed by atoms with van der Waals surface area (Å²) in [5.41, 5.74) is 2.23. The summed E-state index contributed by atoms with van der Waals surface area (Å²) < 4.78 is 10.6. The molecule has 2 heterocycles. The van der Waals surface area contributed by atoms with Crippen LogP contribution in [0, 0.1) is 23.7 Å². The molecule has 0 unspecified atom stereocenters. The van der Waals surface area contributed by atoms with Crippen LogP contribution >= 0.6 is 0 Å². The minimum absolute atomic E-state index is 0.155. The Morgan fingerprint density at radius 3 is 1.24 bits per heavy atom. The Morgan fingerprint density at radius 1 is 0.510 bits per heavy atom. The number of rotatable bonds is 21. The van der Waals surface area contributed by atoms with Crippen molar-refractivity contribution in [3.8, 4) is 11.5 Å². The van der Waals surface area contributed by atoms with E-state index in [0.29, 0.717) is 24.3 Å². The van der Waals surface area contributed by atoms with Crippen LogP contribution in [0.5, 0.6) is 11.5 Å². The van der Waals surface area contributed by atoms with Gasteiger partial charge in [-0.25, -0.2) is 0 Å². The number of carbonyl (C=O) groups excluding carboxylic acids is 2. The average molecular weight is 705 g/mol. The van der Waals surface area contributed by atoms with Gasteiger partial charge in [-0.05, 0) is 86.5 Å². The van der Waals surface area contributed by atoms with E-state index in [1.165, 1.54) is 109 Å². The zero-order valence-electron chi connectivity index (χ0n) is 33.0. The molecule has 6 heteroatoms. The SMILES string of the molecule is CCCCC(=O)Oc1ccc(CCC2CCC(CCCC)CC2)nc1.CCCCCC1CCC(CCc2ccc(OC(=O)CCCC)cn2)CC1. The number of esters is 2. The molecule has 2 saturated carbocycles. The van der Waals surface area contributed by atoms with E-state index >= 15 is 0 Å². The molecule has 0 radical (unpaired) electrons. The lowest BCUT2D eigenvalue weighted by Crippen LogP contribution is -2.15. The Morgan fingerprint density at radius 2 is 0.882 bits per heavy atom. The van der Waals surface area contributed by atoms with Gasteiger partial charge in [-0.1, -0.05) is 137 Å². The van der Waals surface area contributed by atoms with Crippen molar-refractivity contribution in [1.29, 1.82) is 0 Å². The number of aryl methyl sites for hydroxylation is 2. The third kappa shape index (κ3) is 18.5. The van der Waals surface area contributed by atoms with E-state index in [9.17, 15) is 9.59 Å². The number of nitrogens with zero attached hydrogens (tertiary/aromatic N) is 2. The summed E-state index contributed by atoms with van der Waals surface area (Å²) in [5, 5.41) is 0. The number of carbonyl (C=O) groups is 2. The van der Waals surface area contributed by atoms with Gasteiger partial charge in [0.1, 0.15) is 11.5 Å². The van der Waals surface area contributed by atoms with E-state index in [-0.39, 0.29) is 11.9 Å². The molecule has 6 nitrogen and oxygen atoms in total. The van der Waals surface area contributed by atoms with Crippen molar-refractivity contribution in [2.24, 2.45) is 23.7 Å². The molecule has 0 N–H and O–H groups in total. The molecule has 0 bridgehead atoms. The lowest BCUT2D eigenvalue weighted by atomic mass is 9.78. The fraction of sp³-hybridized carbons (Fsp3) is 0.733. The quantitative estimate of drug-likeness (QED) is 0.0950. The van der Waals surface area contributed by atoms with Crippen molar-refractivity contribution >= 4 is 11.9 Å². The minimum atomic E-state index is -0.156. The maximum Gasteiger partial charge on any atom is 0.311 e. The maximum absolute atomic E-state index is 11.6. The average Bonchev–Trinajstić information content (AvgIpc) is 3.16. The van der Waals surface area contributed by atoms with Gasteiger partial charge < -0.3 is 9.47 Å². The fourth-order valence-corrected chi connectivity index (χ4v) is 7.74. The van der Waals surface area contributed by atoms with Gasteiger partial charge in [-0.2, -0.15) is 0 Å². The summed E-state index contributed by atoms with van der Waals surface area (Å²) in [6, 6.07) is 7.79. The number of ether oxygens (including phenoxy) is 2. The van der Waals surface area contributed by atoms with E-state index in [1.54, 1.807) is 12.4 Å². The highest BCUT2D eigenvalue weighted by Gasteiger charge is 2.22. The molecular weight excluding hydrogens is 633 g/mol. The first-order chi connectivity index (χ1) is 24.9. The van der Waals surface area contributed by atoms with Crippen molar-refractivity contribution in [2.75, 3.05) is 0 Å². The topological polar surface area (TPSA) is 78.4 Å². The van der Waals surface area contributed by atoms with E-state index in [1.807, 2.05) is 24.3 Å². The predicted octanol–water partition coefficient (Wildman–Crippen LogP) is 12.6. The first-order valence-electron chi connectivity index (χ1n) is 21.2. The first-order valence-corrected chi connectivity index (χ1v) is 21.2. The molecule has 2 aromatic heterocycles. The Bertz CT molecular complexity index is 1180. The molecular formula is C45H72N2O4. The van der Waals surface area contributed by atoms with E-state index in [0.717, 1.165) is 73.6 Å². The summed E-state index contributed by atoms with van der Waals surface area (Å²) in [5.74, 6) is 4.53. The van der Waals surface area contributed by atoms with Crippen molar-refractivity contribution in [3.63, 3.8) is 0 Å². The van der Waals surface area contributed by atoms with Gasteiger partial charge in [-0.3, -0.25) is 19.6 Å². The number of unbranched alkanes of at least 4 members (excludes halogenated alkanes) is 5. The molecule has 0 amide bonds. The molecule has 51 heavy (non-hydrogen) atoms. The highest BCUT2D eigenvalue weighted by Crippen LogP contribution is 2.35. The summed E-state index contributed by atoms with van der Waals surface area (Å²) in [4.78, 5) is 32.2. The van der Waals surface area contributed by atoms with Crippen LogP contribution in [0.4, 0.5) is 0 Å². The molecule has 2 fully saturated rings. The molecule has 0 saturated heterocycles. The lowest BCUT2D eigenvalue weighted by Gasteiger charge is -2.28. The Kier molecular flexibility index (Phi) is 21.8.